The highest BCUT2D eigenvalue weighted by Gasteiger charge is 2.10. The zero-order valence-electron chi connectivity index (χ0n) is 12.7. The van der Waals surface area contributed by atoms with Crippen LogP contribution >= 0.6 is 11.3 Å². The van der Waals surface area contributed by atoms with Crippen LogP contribution in [0.25, 0.3) is 21.3 Å². The van der Waals surface area contributed by atoms with Gasteiger partial charge >= 0.3 is 0 Å². The van der Waals surface area contributed by atoms with E-state index in [-0.39, 0.29) is 5.54 Å². The third-order valence-corrected chi connectivity index (χ3v) is 4.39. The van der Waals surface area contributed by atoms with Crippen molar-refractivity contribution in [2.45, 2.75) is 32.9 Å². The lowest BCUT2D eigenvalue weighted by atomic mass is 10.1. The first-order valence-corrected chi connectivity index (χ1v) is 8.02. The second-order valence-corrected chi connectivity index (χ2v) is 7.41. The smallest absolute Gasteiger partial charge is 0.123 e. The van der Waals surface area contributed by atoms with Crippen LogP contribution in [0.4, 0.5) is 0 Å². The molecule has 0 aliphatic rings. The summed E-state index contributed by atoms with van der Waals surface area (Å²) in [5.74, 6) is 0. The van der Waals surface area contributed by atoms with E-state index in [0.29, 0.717) is 0 Å². The van der Waals surface area contributed by atoms with Crippen molar-refractivity contribution in [3.05, 3.63) is 53.5 Å². The van der Waals surface area contributed by atoms with Crippen molar-refractivity contribution >= 4 is 22.1 Å². The summed E-state index contributed by atoms with van der Waals surface area (Å²) in [5.41, 5.74) is 1.33. The van der Waals surface area contributed by atoms with Gasteiger partial charge in [0.15, 0.2) is 0 Å². The third kappa shape index (κ3) is 3.49. The van der Waals surface area contributed by atoms with E-state index in [0.717, 1.165) is 11.6 Å². The molecule has 0 saturated carbocycles. The average Bonchev–Trinajstić information content (AvgIpc) is 2.93. The van der Waals surface area contributed by atoms with Gasteiger partial charge in [-0.15, -0.1) is 11.3 Å². The number of rotatable bonds is 3. The van der Waals surface area contributed by atoms with Crippen molar-refractivity contribution in [1.82, 2.24) is 10.3 Å². The molecule has 2 nitrogen and oxygen atoms in total. The van der Waals surface area contributed by atoms with E-state index in [9.17, 15) is 0 Å². The average molecular weight is 296 g/mol. The fourth-order valence-electron chi connectivity index (χ4n) is 2.20. The Bertz CT molecular complexity index is 753. The summed E-state index contributed by atoms with van der Waals surface area (Å²) in [6.45, 7) is 7.41. The molecule has 21 heavy (non-hydrogen) atoms. The topological polar surface area (TPSA) is 24.9 Å². The van der Waals surface area contributed by atoms with E-state index in [4.69, 9.17) is 0 Å². The Morgan fingerprint density at radius 1 is 1.05 bits per heavy atom. The number of thiazole rings is 1. The Labute approximate surface area is 129 Å². The Kier molecular flexibility index (Phi) is 3.79. The molecule has 3 aromatic rings. The van der Waals surface area contributed by atoms with Crippen molar-refractivity contribution in [2.24, 2.45) is 0 Å². The zero-order valence-corrected chi connectivity index (χ0v) is 13.5. The molecule has 0 fully saturated rings. The van der Waals surface area contributed by atoms with Crippen LogP contribution in [0.15, 0.2) is 48.7 Å². The summed E-state index contributed by atoms with van der Waals surface area (Å²) in [4.78, 5) is 5.84. The van der Waals surface area contributed by atoms with Gasteiger partial charge in [0.1, 0.15) is 5.01 Å². The van der Waals surface area contributed by atoms with E-state index in [1.165, 1.54) is 21.2 Å². The number of hydrogen-bond donors (Lipinski definition) is 1. The molecule has 0 atom stereocenters. The van der Waals surface area contributed by atoms with Crippen LogP contribution < -0.4 is 5.32 Å². The highest BCUT2D eigenvalue weighted by Crippen LogP contribution is 2.28. The lowest BCUT2D eigenvalue weighted by Gasteiger charge is -2.19. The van der Waals surface area contributed by atoms with Crippen molar-refractivity contribution in [3.8, 4) is 10.6 Å². The number of fused-ring (bicyclic) bond motifs is 1. The van der Waals surface area contributed by atoms with Crippen LogP contribution in [0, 0.1) is 0 Å². The van der Waals surface area contributed by atoms with Gasteiger partial charge in [-0.3, -0.25) is 0 Å². The second kappa shape index (κ2) is 5.58. The minimum absolute atomic E-state index is 0.132. The quantitative estimate of drug-likeness (QED) is 0.747. The number of aromatic nitrogens is 1. The van der Waals surface area contributed by atoms with Gasteiger partial charge in [0.25, 0.3) is 0 Å². The normalized spacial score (nSPS) is 12.0. The maximum absolute atomic E-state index is 4.57. The Balaban J connectivity index is 1.84. The molecule has 3 heteroatoms. The van der Waals surface area contributed by atoms with Gasteiger partial charge in [0.2, 0.25) is 0 Å². The maximum Gasteiger partial charge on any atom is 0.123 e. The lowest BCUT2D eigenvalue weighted by Crippen LogP contribution is -2.34. The summed E-state index contributed by atoms with van der Waals surface area (Å²) in [7, 11) is 0. The first-order valence-electron chi connectivity index (χ1n) is 7.20. The minimum Gasteiger partial charge on any atom is -0.307 e. The summed E-state index contributed by atoms with van der Waals surface area (Å²) in [5, 5.41) is 7.13. The number of nitrogens with one attached hydrogen (secondary N) is 1. The molecule has 0 aliphatic carbocycles. The van der Waals surface area contributed by atoms with Crippen LogP contribution in [-0.2, 0) is 6.54 Å². The zero-order chi connectivity index (χ0) is 14.9. The Hall–Kier alpha value is -1.71. The van der Waals surface area contributed by atoms with Crippen LogP contribution in [-0.4, -0.2) is 10.5 Å². The standard InChI is InChI=1S/C18H20N2S/c1-18(2,3)20-12-16-11-19-17(21-16)15-9-8-13-6-4-5-7-14(13)10-15/h4-11,20H,12H2,1-3H3. The predicted octanol–water partition coefficient (Wildman–Crippen LogP) is 4.85. The van der Waals surface area contributed by atoms with E-state index in [1.807, 2.05) is 6.20 Å². The van der Waals surface area contributed by atoms with Gasteiger partial charge < -0.3 is 5.32 Å². The molecule has 1 N–H and O–H groups in total. The van der Waals surface area contributed by atoms with Crippen molar-refractivity contribution < 1.29 is 0 Å². The third-order valence-electron chi connectivity index (χ3n) is 3.34. The van der Waals surface area contributed by atoms with E-state index < -0.39 is 0 Å². The van der Waals surface area contributed by atoms with E-state index >= 15 is 0 Å². The van der Waals surface area contributed by atoms with Crippen molar-refractivity contribution in [1.29, 1.82) is 0 Å². The van der Waals surface area contributed by atoms with Crippen LogP contribution in [0.3, 0.4) is 0 Å². The molecule has 0 radical (unpaired) electrons. The molecule has 0 spiro atoms. The number of nitrogens with zero attached hydrogens (tertiary/aromatic N) is 1. The monoisotopic (exact) mass is 296 g/mol. The van der Waals surface area contributed by atoms with Crippen LogP contribution in [0.1, 0.15) is 25.6 Å². The summed E-state index contributed by atoms with van der Waals surface area (Å²) in [6, 6.07) is 15.0. The Morgan fingerprint density at radius 2 is 1.81 bits per heavy atom. The van der Waals surface area contributed by atoms with Gasteiger partial charge in [-0.05, 0) is 37.6 Å². The van der Waals surface area contributed by atoms with Crippen LogP contribution in [0.2, 0.25) is 0 Å². The fraction of sp³-hybridized carbons (Fsp3) is 0.278. The van der Waals surface area contributed by atoms with Crippen molar-refractivity contribution in [3.63, 3.8) is 0 Å². The lowest BCUT2D eigenvalue weighted by molar-refractivity contribution is 0.426. The number of benzene rings is 2. The SMILES string of the molecule is CC(C)(C)NCc1cnc(-c2ccc3ccccc3c2)s1. The molecule has 0 aliphatic heterocycles. The first kappa shape index (κ1) is 14.2. The van der Waals surface area contributed by atoms with Gasteiger partial charge in [0, 0.05) is 28.7 Å². The Morgan fingerprint density at radius 3 is 2.57 bits per heavy atom. The minimum atomic E-state index is 0.132. The van der Waals surface area contributed by atoms with E-state index in [2.05, 4.69) is 73.5 Å². The molecular formula is C18H20N2S. The van der Waals surface area contributed by atoms with Gasteiger partial charge in [0.05, 0.1) is 0 Å². The second-order valence-electron chi connectivity index (χ2n) is 6.30. The van der Waals surface area contributed by atoms with E-state index in [1.54, 1.807) is 11.3 Å². The molecule has 3 rings (SSSR count). The molecular weight excluding hydrogens is 276 g/mol. The fourth-order valence-corrected chi connectivity index (χ4v) is 3.05. The van der Waals surface area contributed by atoms with Crippen molar-refractivity contribution in [2.75, 3.05) is 0 Å². The molecule has 0 saturated heterocycles. The van der Waals surface area contributed by atoms with Gasteiger partial charge in [-0.2, -0.15) is 0 Å². The highest BCUT2D eigenvalue weighted by atomic mass is 32.1. The van der Waals surface area contributed by atoms with Crippen LogP contribution in [0.5, 0.6) is 0 Å². The number of hydrogen-bond acceptors (Lipinski definition) is 3. The molecule has 0 unspecified atom stereocenters. The summed E-state index contributed by atoms with van der Waals surface area (Å²) in [6.07, 6.45) is 1.98. The molecule has 2 aromatic carbocycles. The molecule has 0 amide bonds. The molecule has 0 bridgehead atoms. The summed E-state index contributed by atoms with van der Waals surface area (Å²) >= 11 is 1.76. The molecule has 1 aromatic heterocycles. The van der Waals surface area contributed by atoms with Gasteiger partial charge in [-0.25, -0.2) is 4.98 Å². The van der Waals surface area contributed by atoms with Gasteiger partial charge in [-0.1, -0.05) is 36.4 Å². The first-order chi connectivity index (χ1) is 10.0. The highest BCUT2D eigenvalue weighted by molar-refractivity contribution is 7.15. The molecule has 1 heterocycles. The summed E-state index contributed by atoms with van der Waals surface area (Å²) < 4.78 is 0. The predicted molar refractivity (Wildman–Crippen MR) is 91.6 cm³/mol. The largest absolute Gasteiger partial charge is 0.307 e. The maximum atomic E-state index is 4.57. The molecule has 108 valence electrons.